The second-order valence-electron chi connectivity index (χ2n) is 3.72. The van der Waals surface area contributed by atoms with Crippen LogP contribution in [0, 0.1) is 0 Å². The first-order chi connectivity index (χ1) is 7.06. The molecule has 0 aliphatic rings. The van der Waals surface area contributed by atoms with Crippen molar-refractivity contribution in [3.8, 4) is 0 Å². The minimum Gasteiger partial charge on any atom is -0.313 e. The minimum atomic E-state index is -2.61. The van der Waals surface area contributed by atoms with Crippen LogP contribution in [0.5, 0.6) is 0 Å². The van der Waals surface area contributed by atoms with Crippen LogP contribution in [0.4, 0.5) is 0 Å². The van der Waals surface area contributed by atoms with Crippen molar-refractivity contribution in [2.24, 2.45) is 0 Å². The molecule has 0 fully saturated rings. The van der Waals surface area contributed by atoms with Gasteiger partial charge in [-0.3, -0.25) is 4.57 Å². The first-order valence-corrected chi connectivity index (χ1v) is 11.4. The van der Waals surface area contributed by atoms with Gasteiger partial charge in [0.1, 0.15) is 0 Å². The van der Waals surface area contributed by atoms with Gasteiger partial charge in [0.25, 0.3) is 0 Å². The summed E-state index contributed by atoms with van der Waals surface area (Å²) < 4.78 is 13.5. The Hall–Kier alpha value is 1.15. The fourth-order valence-electron chi connectivity index (χ4n) is 1.41. The van der Waals surface area contributed by atoms with Gasteiger partial charge in [0.15, 0.2) is 0 Å². The summed E-state index contributed by atoms with van der Waals surface area (Å²) in [7, 11) is 0. The predicted octanol–water partition coefficient (Wildman–Crippen LogP) is 6.04. The molecule has 0 saturated carbocycles. The summed E-state index contributed by atoms with van der Waals surface area (Å²) in [6, 6.07) is 0. The van der Waals surface area contributed by atoms with Crippen molar-refractivity contribution in [2.45, 2.75) is 58.3 Å². The summed E-state index contributed by atoms with van der Waals surface area (Å²) in [5, 5.41) is 0. The van der Waals surface area contributed by atoms with E-state index in [9.17, 15) is 4.57 Å². The van der Waals surface area contributed by atoms with Crippen LogP contribution in [-0.4, -0.2) is 6.61 Å². The van der Waals surface area contributed by atoms with Crippen molar-refractivity contribution in [2.75, 3.05) is 6.61 Å². The van der Waals surface area contributed by atoms with Crippen LogP contribution < -0.4 is 0 Å². The molecule has 15 heavy (non-hydrogen) atoms. The molecule has 2 nitrogen and oxygen atoms in total. The number of hydrogen-bond donors (Lipinski definition) is 0. The van der Waals surface area contributed by atoms with E-state index < -0.39 is 4.77 Å². The van der Waals surface area contributed by atoms with Crippen molar-refractivity contribution in [1.29, 1.82) is 0 Å². The van der Waals surface area contributed by atoms with Crippen molar-refractivity contribution < 1.29 is 9.09 Å². The number of unbranched alkanes of at least 4 members (excludes halogenated alkanes) is 7. The molecular weight excluding hydrogens is 343 g/mol. The Bertz CT molecular complexity index is 182. The van der Waals surface area contributed by atoms with E-state index in [0.717, 1.165) is 6.42 Å². The van der Waals surface area contributed by atoms with Crippen molar-refractivity contribution >= 4 is 35.8 Å². The Morgan fingerprint density at radius 1 is 0.933 bits per heavy atom. The lowest BCUT2D eigenvalue weighted by Crippen LogP contribution is -1.87. The molecule has 0 aromatic rings. The van der Waals surface area contributed by atoms with E-state index in [1.54, 1.807) is 0 Å². The summed E-state index contributed by atoms with van der Waals surface area (Å²) in [5.41, 5.74) is 0. The molecule has 0 rings (SSSR count). The summed E-state index contributed by atoms with van der Waals surface area (Å²) in [4.78, 5) is 0. The van der Waals surface area contributed by atoms with Crippen LogP contribution in [0.2, 0.25) is 0 Å². The quantitative estimate of drug-likeness (QED) is 0.349. The maximum atomic E-state index is 11.0. The summed E-state index contributed by atoms with van der Waals surface area (Å²) in [5.74, 6) is 0. The zero-order valence-electron chi connectivity index (χ0n) is 9.38. The zero-order valence-corrected chi connectivity index (χ0v) is 13.5. The third-order valence-corrected chi connectivity index (χ3v) is 3.95. The molecule has 0 N–H and O–H groups in total. The van der Waals surface area contributed by atoms with Crippen LogP contribution in [0.1, 0.15) is 58.3 Å². The average molecular weight is 364 g/mol. The van der Waals surface area contributed by atoms with Crippen LogP contribution in [0.25, 0.3) is 0 Å². The van der Waals surface area contributed by atoms with Gasteiger partial charge in [0, 0.05) is 31.0 Å². The first-order valence-electron chi connectivity index (χ1n) is 5.70. The maximum Gasteiger partial charge on any atom is 0.328 e. The molecule has 0 aliphatic heterocycles. The fourth-order valence-corrected chi connectivity index (χ4v) is 2.62. The van der Waals surface area contributed by atoms with E-state index in [4.69, 9.17) is 4.52 Å². The highest BCUT2D eigenvalue weighted by molar-refractivity contribution is 9.70. The maximum absolute atomic E-state index is 11.0. The normalized spacial score (nSPS) is 11.9. The standard InChI is InChI=1S/C10H21Br2O2P/c1-2-3-4-5-6-7-8-9-10-14-15(11,12)13/h2-10H2,1H3. The molecule has 5 heteroatoms. The van der Waals surface area contributed by atoms with Crippen LogP contribution in [0.3, 0.4) is 0 Å². The molecule has 0 radical (unpaired) electrons. The van der Waals surface area contributed by atoms with Gasteiger partial charge in [-0.25, -0.2) is 0 Å². The molecular formula is C10H21Br2O2P. The topological polar surface area (TPSA) is 26.3 Å². The molecule has 0 saturated heterocycles. The van der Waals surface area contributed by atoms with E-state index in [2.05, 4.69) is 37.9 Å². The second kappa shape index (κ2) is 10.3. The van der Waals surface area contributed by atoms with E-state index in [1.165, 1.54) is 44.9 Å². The predicted molar refractivity (Wildman–Crippen MR) is 74.0 cm³/mol. The fraction of sp³-hybridized carbons (Fsp3) is 1.00. The van der Waals surface area contributed by atoms with E-state index in [0.29, 0.717) is 6.61 Å². The molecule has 0 aromatic heterocycles. The minimum absolute atomic E-state index is 0.572. The van der Waals surface area contributed by atoms with Crippen LogP contribution in [-0.2, 0) is 9.09 Å². The smallest absolute Gasteiger partial charge is 0.313 e. The molecule has 0 aromatic carbocycles. The average Bonchev–Trinajstić information content (AvgIpc) is 2.14. The lowest BCUT2D eigenvalue weighted by Gasteiger charge is -2.04. The summed E-state index contributed by atoms with van der Waals surface area (Å²) >= 11 is 5.88. The monoisotopic (exact) mass is 362 g/mol. The van der Waals surface area contributed by atoms with Gasteiger partial charge in [-0.1, -0.05) is 51.9 Å². The zero-order chi connectivity index (χ0) is 11.6. The van der Waals surface area contributed by atoms with Gasteiger partial charge in [-0.05, 0) is 6.42 Å². The van der Waals surface area contributed by atoms with Crippen molar-refractivity contribution in [1.82, 2.24) is 0 Å². The molecule has 0 heterocycles. The highest BCUT2D eigenvalue weighted by Crippen LogP contribution is 2.62. The highest BCUT2D eigenvalue weighted by Gasteiger charge is 2.10. The Kier molecular flexibility index (Phi) is 11.1. The van der Waals surface area contributed by atoms with Gasteiger partial charge in [0.2, 0.25) is 0 Å². The van der Waals surface area contributed by atoms with Crippen molar-refractivity contribution in [3.05, 3.63) is 0 Å². The second-order valence-corrected chi connectivity index (χ2v) is 13.3. The largest absolute Gasteiger partial charge is 0.328 e. The third kappa shape index (κ3) is 15.1. The SMILES string of the molecule is CCCCCCCCCCOP(=O)(Br)Br. The van der Waals surface area contributed by atoms with Gasteiger partial charge < -0.3 is 4.52 Å². The molecule has 0 aliphatic carbocycles. The molecule has 0 spiro atoms. The number of rotatable bonds is 10. The highest BCUT2D eigenvalue weighted by atomic mass is 79.9. The number of hydrogen-bond acceptors (Lipinski definition) is 2. The Labute approximate surface area is 109 Å². The van der Waals surface area contributed by atoms with E-state index in [-0.39, 0.29) is 0 Å². The van der Waals surface area contributed by atoms with Gasteiger partial charge in [0.05, 0.1) is 6.61 Å². The Morgan fingerprint density at radius 3 is 1.87 bits per heavy atom. The first kappa shape index (κ1) is 16.1. The van der Waals surface area contributed by atoms with Gasteiger partial charge in [-0.15, -0.1) is 0 Å². The van der Waals surface area contributed by atoms with E-state index in [1.807, 2.05) is 0 Å². The van der Waals surface area contributed by atoms with E-state index >= 15 is 0 Å². The van der Waals surface area contributed by atoms with Gasteiger partial charge >= 0.3 is 4.77 Å². The molecule has 92 valence electrons. The third-order valence-electron chi connectivity index (χ3n) is 2.24. The lowest BCUT2D eigenvalue weighted by atomic mass is 10.1. The molecule has 0 atom stereocenters. The number of halogens is 2. The molecule has 0 unspecified atom stereocenters. The van der Waals surface area contributed by atoms with Gasteiger partial charge in [-0.2, -0.15) is 0 Å². The lowest BCUT2D eigenvalue weighted by molar-refractivity contribution is 0.323. The molecule has 0 bridgehead atoms. The molecule has 0 amide bonds. The van der Waals surface area contributed by atoms with Crippen molar-refractivity contribution in [3.63, 3.8) is 0 Å². The summed E-state index contributed by atoms with van der Waals surface area (Å²) in [6.07, 6.45) is 10.1. The summed E-state index contributed by atoms with van der Waals surface area (Å²) in [6.45, 7) is 2.80. The van der Waals surface area contributed by atoms with Crippen LogP contribution in [0.15, 0.2) is 0 Å². The Morgan fingerprint density at radius 2 is 1.40 bits per heavy atom. The van der Waals surface area contributed by atoms with Crippen LogP contribution >= 0.6 is 35.8 Å². The Balaban J connectivity index is 3.02.